The number of carbonyl (C=O) groups is 2. The second-order valence-corrected chi connectivity index (χ2v) is 6.61. The number of rotatable bonds is 16. The van der Waals surface area contributed by atoms with Crippen LogP contribution in [0.2, 0.25) is 0 Å². The number of carbonyl (C=O) groups excluding carboxylic acids is 2. The first-order chi connectivity index (χ1) is 12.0. The minimum absolute atomic E-state index is 0.392. The third kappa shape index (κ3) is 10.8. The average molecular weight is 352 g/mol. The van der Waals surface area contributed by atoms with Crippen LogP contribution in [0.25, 0.3) is 0 Å². The van der Waals surface area contributed by atoms with Gasteiger partial charge in [0.1, 0.15) is 0 Å². The first-order valence-corrected chi connectivity index (χ1v) is 9.82. The molecule has 0 saturated carbocycles. The molecule has 0 aliphatic heterocycles. The van der Waals surface area contributed by atoms with E-state index >= 15 is 0 Å². The third-order valence-electron chi connectivity index (χ3n) is 4.58. The minimum Gasteiger partial charge on any atom is -0.446 e. The molecule has 0 aliphatic rings. The fourth-order valence-electron chi connectivity index (χ4n) is 2.83. The Morgan fingerprint density at radius 1 is 0.960 bits per heavy atom. The largest absolute Gasteiger partial charge is 0.446 e. The molecule has 2 N–H and O–H groups in total. The van der Waals surface area contributed by atoms with Crippen molar-refractivity contribution in [1.29, 1.82) is 0 Å². The molecule has 0 bridgehead atoms. The Labute approximate surface area is 153 Å². The van der Waals surface area contributed by atoms with E-state index in [4.69, 9.17) is 10.5 Å². The summed E-state index contributed by atoms with van der Waals surface area (Å²) >= 11 is 0. The summed E-state index contributed by atoms with van der Waals surface area (Å²) in [5.74, 6) is -1.17. The monoisotopic (exact) mass is 351 g/mol. The molecule has 25 heavy (non-hydrogen) atoms. The standard InChI is InChI=1S/C21H37NO3/c1-4-7-8-9-10-11-12-13-14-15-16-17-18-21(6-3,20(22)24)25-19(23)5-2/h5,11-12H,2,4,6-10,13-18H2,1,3H3,(H2,22,24). The number of hydrogen-bond acceptors (Lipinski definition) is 3. The summed E-state index contributed by atoms with van der Waals surface area (Å²) in [4.78, 5) is 23.2. The lowest BCUT2D eigenvalue weighted by molar-refractivity contribution is -0.164. The summed E-state index contributed by atoms with van der Waals surface area (Å²) in [7, 11) is 0. The zero-order valence-corrected chi connectivity index (χ0v) is 16.2. The fraction of sp³-hybridized carbons (Fsp3) is 0.714. The normalized spacial score (nSPS) is 13.5. The molecule has 1 amide bonds. The average Bonchev–Trinajstić information content (AvgIpc) is 2.61. The molecule has 1 atom stereocenters. The molecule has 0 rings (SSSR count). The van der Waals surface area contributed by atoms with E-state index in [1.54, 1.807) is 0 Å². The van der Waals surface area contributed by atoms with Crippen molar-refractivity contribution in [3.05, 3.63) is 24.8 Å². The predicted molar refractivity (Wildman–Crippen MR) is 104 cm³/mol. The van der Waals surface area contributed by atoms with Gasteiger partial charge in [-0.1, -0.05) is 64.7 Å². The Kier molecular flexibility index (Phi) is 13.8. The van der Waals surface area contributed by atoms with Gasteiger partial charge in [-0.3, -0.25) is 4.79 Å². The number of primary amides is 1. The fourth-order valence-corrected chi connectivity index (χ4v) is 2.83. The molecule has 0 fully saturated rings. The van der Waals surface area contributed by atoms with Crippen LogP contribution in [-0.2, 0) is 14.3 Å². The summed E-state index contributed by atoms with van der Waals surface area (Å²) in [5, 5.41) is 0. The number of unbranched alkanes of at least 4 members (excludes halogenated alkanes) is 8. The molecule has 0 radical (unpaired) electrons. The topological polar surface area (TPSA) is 69.4 Å². The van der Waals surface area contributed by atoms with Crippen LogP contribution in [0.1, 0.15) is 90.9 Å². The van der Waals surface area contributed by atoms with Crippen LogP contribution in [0.5, 0.6) is 0 Å². The van der Waals surface area contributed by atoms with E-state index in [0.717, 1.165) is 38.2 Å². The van der Waals surface area contributed by atoms with Crippen LogP contribution in [0.3, 0.4) is 0 Å². The molecule has 0 aromatic rings. The number of esters is 1. The highest BCUT2D eigenvalue weighted by atomic mass is 16.6. The van der Waals surface area contributed by atoms with Crippen LogP contribution in [0.15, 0.2) is 24.8 Å². The van der Waals surface area contributed by atoms with Crippen molar-refractivity contribution in [2.24, 2.45) is 5.73 Å². The van der Waals surface area contributed by atoms with E-state index in [0.29, 0.717) is 12.8 Å². The maximum absolute atomic E-state index is 11.7. The second kappa shape index (κ2) is 14.7. The van der Waals surface area contributed by atoms with Gasteiger partial charge in [0, 0.05) is 6.08 Å². The number of allylic oxidation sites excluding steroid dienone is 2. The summed E-state index contributed by atoms with van der Waals surface area (Å²) in [6, 6.07) is 0. The number of amides is 1. The molecule has 0 saturated heterocycles. The SMILES string of the molecule is C=CC(=O)OC(CC)(CCCCCCC=CCCCCCC)C(N)=O. The van der Waals surface area contributed by atoms with E-state index in [1.165, 1.54) is 32.1 Å². The molecule has 0 aliphatic carbocycles. The van der Waals surface area contributed by atoms with Crippen LogP contribution in [0, 0.1) is 0 Å². The molecule has 0 spiro atoms. The van der Waals surface area contributed by atoms with Gasteiger partial charge in [-0.25, -0.2) is 4.79 Å². The zero-order valence-electron chi connectivity index (χ0n) is 16.2. The highest BCUT2D eigenvalue weighted by molar-refractivity contribution is 5.89. The summed E-state index contributed by atoms with van der Waals surface area (Å²) < 4.78 is 5.26. The molecule has 1 unspecified atom stereocenters. The summed E-state index contributed by atoms with van der Waals surface area (Å²) in [6.45, 7) is 7.41. The highest BCUT2D eigenvalue weighted by Gasteiger charge is 2.37. The predicted octanol–water partition coefficient (Wildman–Crippen LogP) is 5.22. The van der Waals surface area contributed by atoms with E-state index in [1.807, 2.05) is 6.92 Å². The van der Waals surface area contributed by atoms with Crippen LogP contribution in [0.4, 0.5) is 0 Å². The summed E-state index contributed by atoms with van der Waals surface area (Å²) in [5.41, 5.74) is 4.27. The maximum Gasteiger partial charge on any atom is 0.331 e. The number of nitrogens with two attached hydrogens (primary N) is 1. The van der Waals surface area contributed by atoms with Gasteiger partial charge in [0.2, 0.25) is 0 Å². The van der Waals surface area contributed by atoms with E-state index < -0.39 is 17.5 Å². The highest BCUT2D eigenvalue weighted by Crippen LogP contribution is 2.24. The van der Waals surface area contributed by atoms with Crippen molar-refractivity contribution in [1.82, 2.24) is 0 Å². The van der Waals surface area contributed by atoms with Gasteiger partial charge in [-0.15, -0.1) is 0 Å². The maximum atomic E-state index is 11.7. The Bertz CT molecular complexity index is 417. The van der Waals surface area contributed by atoms with Gasteiger partial charge >= 0.3 is 5.97 Å². The lowest BCUT2D eigenvalue weighted by atomic mass is 9.92. The van der Waals surface area contributed by atoms with E-state index in [-0.39, 0.29) is 0 Å². The van der Waals surface area contributed by atoms with E-state index in [2.05, 4.69) is 25.7 Å². The Hall–Kier alpha value is -1.58. The van der Waals surface area contributed by atoms with Crippen molar-refractivity contribution in [2.45, 2.75) is 96.5 Å². The molecule has 0 aromatic carbocycles. The van der Waals surface area contributed by atoms with Gasteiger partial charge in [-0.2, -0.15) is 0 Å². The van der Waals surface area contributed by atoms with Gasteiger partial charge < -0.3 is 10.5 Å². The second-order valence-electron chi connectivity index (χ2n) is 6.61. The van der Waals surface area contributed by atoms with Gasteiger partial charge in [0.05, 0.1) is 0 Å². The molecule has 4 heteroatoms. The molecule has 144 valence electrons. The first kappa shape index (κ1) is 23.4. The lowest BCUT2D eigenvalue weighted by Crippen LogP contribution is -2.47. The van der Waals surface area contributed by atoms with Gasteiger partial charge in [-0.05, 0) is 44.9 Å². The number of hydrogen-bond donors (Lipinski definition) is 1. The van der Waals surface area contributed by atoms with Gasteiger partial charge in [0.25, 0.3) is 5.91 Å². The Morgan fingerprint density at radius 3 is 2.00 bits per heavy atom. The zero-order chi connectivity index (χ0) is 19.0. The third-order valence-corrected chi connectivity index (χ3v) is 4.58. The molecule has 0 heterocycles. The van der Waals surface area contributed by atoms with Crippen LogP contribution >= 0.6 is 0 Å². The molecule has 0 aromatic heterocycles. The van der Waals surface area contributed by atoms with Gasteiger partial charge in [0.15, 0.2) is 5.60 Å². The minimum atomic E-state index is -1.19. The number of ether oxygens (including phenoxy) is 1. The first-order valence-electron chi connectivity index (χ1n) is 9.82. The van der Waals surface area contributed by atoms with Crippen molar-refractivity contribution in [2.75, 3.05) is 0 Å². The molecular weight excluding hydrogens is 314 g/mol. The van der Waals surface area contributed by atoms with Crippen molar-refractivity contribution in [3.63, 3.8) is 0 Å². The quantitative estimate of drug-likeness (QED) is 0.179. The van der Waals surface area contributed by atoms with Crippen molar-refractivity contribution >= 4 is 11.9 Å². The molecular formula is C21H37NO3. The van der Waals surface area contributed by atoms with Crippen molar-refractivity contribution < 1.29 is 14.3 Å². The summed E-state index contributed by atoms with van der Waals surface area (Å²) in [6.07, 6.45) is 18.1. The van der Waals surface area contributed by atoms with Crippen LogP contribution < -0.4 is 5.73 Å². The molecule has 4 nitrogen and oxygen atoms in total. The van der Waals surface area contributed by atoms with E-state index in [9.17, 15) is 9.59 Å². The van der Waals surface area contributed by atoms with Crippen LogP contribution in [-0.4, -0.2) is 17.5 Å². The lowest BCUT2D eigenvalue weighted by Gasteiger charge is -2.28. The Balaban J connectivity index is 3.92. The smallest absolute Gasteiger partial charge is 0.331 e. The van der Waals surface area contributed by atoms with Crippen molar-refractivity contribution in [3.8, 4) is 0 Å². The Morgan fingerprint density at radius 2 is 1.52 bits per heavy atom.